The van der Waals surface area contributed by atoms with Crippen molar-refractivity contribution in [2.75, 3.05) is 6.54 Å². The van der Waals surface area contributed by atoms with Gasteiger partial charge >= 0.3 is 5.97 Å². The maximum absolute atomic E-state index is 11.9. The van der Waals surface area contributed by atoms with E-state index in [1.165, 1.54) is 5.56 Å². The van der Waals surface area contributed by atoms with E-state index in [0.29, 0.717) is 5.56 Å². The SMILES string of the molecule is O=C(O)CCNC(=O)C(=O)c1ccc2c(c1)CCC2. The number of ketones is 1. The van der Waals surface area contributed by atoms with Gasteiger partial charge in [0.15, 0.2) is 0 Å². The van der Waals surface area contributed by atoms with E-state index >= 15 is 0 Å². The van der Waals surface area contributed by atoms with Crippen molar-refractivity contribution in [2.24, 2.45) is 0 Å². The van der Waals surface area contributed by atoms with E-state index in [1.54, 1.807) is 12.1 Å². The fourth-order valence-corrected chi connectivity index (χ4v) is 2.21. The second-order valence-corrected chi connectivity index (χ2v) is 4.57. The summed E-state index contributed by atoms with van der Waals surface area (Å²) in [7, 11) is 0. The lowest BCUT2D eigenvalue weighted by molar-refractivity contribution is -0.136. The van der Waals surface area contributed by atoms with Gasteiger partial charge in [-0.15, -0.1) is 0 Å². The van der Waals surface area contributed by atoms with Gasteiger partial charge in [0.05, 0.1) is 6.42 Å². The number of carbonyl (C=O) groups is 3. The Morgan fingerprint density at radius 3 is 2.63 bits per heavy atom. The molecular formula is C14H15NO4. The Kier molecular flexibility index (Phi) is 3.94. The molecule has 1 aromatic carbocycles. The smallest absolute Gasteiger partial charge is 0.305 e. The lowest BCUT2D eigenvalue weighted by atomic mass is 10.0. The molecule has 1 aliphatic rings. The van der Waals surface area contributed by atoms with Gasteiger partial charge in [-0.25, -0.2) is 0 Å². The van der Waals surface area contributed by atoms with Crippen LogP contribution in [0.2, 0.25) is 0 Å². The van der Waals surface area contributed by atoms with Crippen molar-refractivity contribution < 1.29 is 19.5 Å². The molecule has 0 aliphatic heterocycles. The summed E-state index contributed by atoms with van der Waals surface area (Å²) >= 11 is 0. The lowest BCUT2D eigenvalue weighted by Gasteiger charge is -2.05. The number of hydrogen-bond donors (Lipinski definition) is 2. The summed E-state index contributed by atoms with van der Waals surface area (Å²) in [5.74, 6) is -2.37. The van der Waals surface area contributed by atoms with E-state index < -0.39 is 17.7 Å². The quantitative estimate of drug-likeness (QED) is 0.610. The first kappa shape index (κ1) is 13.3. The van der Waals surface area contributed by atoms with Gasteiger partial charge in [-0.05, 0) is 36.5 Å². The van der Waals surface area contributed by atoms with Crippen LogP contribution < -0.4 is 5.32 Å². The Morgan fingerprint density at radius 1 is 1.16 bits per heavy atom. The van der Waals surface area contributed by atoms with Gasteiger partial charge < -0.3 is 10.4 Å². The normalized spacial score (nSPS) is 12.8. The highest BCUT2D eigenvalue weighted by molar-refractivity contribution is 6.42. The second-order valence-electron chi connectivity index (χ2n) is 4.57. The third-order valence-corrected chi connectivity index (χ3v) is 3.19. The monoisotopic (exact) mass is 261 g/mol. The number of benzene rings is 1. The van der Waals surface area contributed by atoms with Crippen LogP contribution in [0.4, 0.5) is 0 Å². The number of carboxylic acids is 1. The minimum Gasteiger partial charge on any atom is -0.481 e. The number of carbonyl (C=O) groups excluding carboxylic acids is 2. The molecule has 1 amide bonds. The summed E-state index contributed by atoms with van der Waals surface area (Å²) in [4.78, 5) is 33.7. The fourth-order valence-electron chi connectivity index (χ4n) is 2.21. The molecule has 2 N–H and O–H groups in total. The number of amides is 1. The van der Waals surface area contributed by atoms with E-state index in [9.17, 15) is 14.4 Å². The van der Waals surface area contributed by atoms with Crippen molar-refractivity contribution in [3.63, 3.8) is 0 Å². The van der Waals surface area contributed by atoms with Crippen molar-refractivity contribution in [1.82, 2.24) is 5.32 Å². The number of carboxylic acid groups (broad SMARTS) is 1. The highest BCUT2D eigenvalue weighted by atomic mass is 16.4. The summed E-state index contributed by atoms with van der Waals surface area (Å²) in [6.07, 6.45) is 2.85. The predicted octanol–water partition coefficient (Wildman–Crippen LogP) is 0.949. The van der Waals surface area contributed by atoms with Gasteiger partial charge in [-0.1, -0.05) is 12.1 Å². The van der Waals surface area contributed by atoms with Crippen molar-refractivity contribution in [3.8, 4) is 0 Å². The number of hydrogen-bond acceptors (Lipinski definition) is 3. The number of Topliss-reactive ketones (excluding diaryl/α,β-unsaturated/α-hetero) is 1. The number of aliphatic carboxylic acids is 1. The molecule has 0 atom stereocenters. The zero-order chi connectivity index (χ0) is 13.8. The predicted molar refractivity (Wildman–Crippen MR) is 68.1 cm³/mol. The molecule has 0 saturated heterocycles. The number of nitrogens with one attached hydrogen (secondary N) is 1. The Morgan fingerprint density at radius 2 is 1.89 bits per heavy atom. The van der Waals surface area contributed by atoms with Crippen molar-refractivity contribution in [1.29, 1.82) is 0 Å². The summed E-state index contributed by atoms with van der Waals surface area (Å²) in [5.41, 5.74) is 2.74. The maximum Gasteiger partial charge on any atom is 0.305 e. The standard InChI is InChI=1S/C14H15NO4/c16-12(17)6-7-15-14(19)13(18)11-5-4-9-2-1-3-10(9)8-11/h4-5,8H,1-3,6-7H2,(H,15,19)(H,16,17). The molecule has 1 aliphatic carbocycles. The van der Waals surface area contributed by atoms with Crippen molar-refractivity contribution in [3.05, 3.63) is 34.9 Å². The average molecular weight is 261 g/mol. The summed E-state index contributed by atoms with van der Waals surface area (Å²) in [6.45, 7) is -0.0369. The zero-order valence-electron chi connectivity index (χ0n) is 10.4. The summed E-state index contributed by atoms with van der Waals surface area (Å²) in [5, 5.41) is 10.8. The topological polar surface area (TPSA) is 83.5 Å². The Hall–Kier alpha value is -2.17. The number of fused-ring (bicyclic) bond motifs is 1. The van der Waals surface area contributed by atoms with E-state index in [4.69, 9.17) is 5.11 Å². The van der Waals surface area contributed by atoms with Crippen LogP contribution in [0, 0.1) is 0 Å². The number of aryl methyl sites for hydroxylation is 2. The van der Waals surface area contributed by atoms with Crippen LogP contribution in [0.5, 0.6) is 0 Å². The van der Waals surface area contributed by atoms with Crippen LogP contribution in [0.3, 0.4) is 0 Å². The molecule has 5 heteroatoms. The van der Waals surface area contributed by atoms with Crippen LogP contribution in [0.15, 0.2) is 18.2 Å². The Balaban J connectivity index is 1.99. The molecule has 5 nitrogen and oxygen atoms in total. The number of rotatable bonds is 5. The molecule has 0 radical (unpaired) electrons. The minimum absolute atomic E-state index is 0.0369. The van der Waals surface area contributed by atoms with Crippen molar-refractivity contribution in [2.45, 2.75) is 25.7 Å². The molecule has 0 unspecified atom stereocenters. The molecule has 2 rings (SSSR count). The molecular weight excluding hydrogens is 246 g/mol. The highest BCUT2D eigenvalue weighted by Crippen LogP contribution is 2.22. The van der Waals surface area contributed by atoms with E-state index in [-0.39, 0.29) is 13.0 Å². The Bertz CT molecular complexity index is 536. The molecule has 0 heterocycles. The van der Waals surface area contributed by atoms with E-state index in [0.717, 1.165) is 24.8 Å². The van der Waals surface area contributed by atoms with Crippen LogP contribution in [-0.2, 0) is 22.4 Å². The molecule has 1 aromatic rings. The lowest BCUT2D eigenvalue weighted by Crippen LogP contribution is -2.32. The van der Waals surface area contributed by atoms with E-state index in [1.807, 2.05) is 6.07 Å². The molecule has 0 spiro atoms. The third-order valence-electron chi connectivity index (χ3n) is 3.19. The molecule has 0 bridgehead atoms. The van der Waals surface area contributed by atoms with Gasteiger partial charge in [0.1, 0.15) is 0 Å². The molecule has 0 fully saturated rings. The Labute approximate surface area is 110 Å². The maximum atomic E-state index is 11.9. The molecule has 19 heavy (non-hydrogen) atoms. The molecule has 0 saturated carbocycles. The van der Waals surface area contributed by atoms with Crippen LogP contribution in [-0.4, -0.2) is 29.3 Å². The zero-order valence-corrected chi connectivity index (χ0v) is 10.4. The van der Waals surface area contributed by atoms with Gasteiger partial charge in [-0.3, -0.25) is 14.4 Å². The average Bonchev–Trinajstić information content (AvgIpc) is 2.84. The first-order valence-electron chi connectivity index (χ1n) is 6.24. The summed E-state index contributed by atoms with van der Waals surface area (Å²) < 4.78 is 0. The second kappa shape index (κ2) is 5.65. The fraction of sp³-hybridized carbons (Fsp3) is 0.357. The first-order chi connectivity index (χ1) is 9.08. The third kappa shape index (κ3) is 3.19. The van der Waals surface area contributed by atoms with Gasteiger partial charge in [0, 0.05) is 12.1 Å². The summed E-state index contributed by atoms with van der Waals surface area (Å²) in [6, 6.07) is 5.31. The molecule has 100 valence electrons. The van der Waals surface area contributed by atoms with Crippen LogP contribution >= 0.6 is 0 Å². The van der Waals surface area contributed by atoms with E-state index in [2.05, 4.69) is 5.32 Å². The van der Waals surface area contributed by atoms with Crippen LogP contribution in [0.1, 0.15) is 34.3 Å². The van der Waals surface area contributed by atoms with Crippen LogP contribution in [0.25, 0.3) is 0 Å². The van der Waals surface area contributed by atoms with Crippen molar-refractivity contribution >= 4 is 17.7 Å². The minimum atomic E-state index is -1.01. The van der Waals surface area contributed by atoms with Gasteiger partial charge in [0.25, 0.3) is 5.91 Å². The molecule has 0 aromatic heterocycles. The highest BCUT2D eigenvalue weighted by Gasteiger charge is 2.19. The largest absolute Gasteiger partial charge is 0.481 e. The first-order valence-corrected chi connectivity index (χ1v) is 6.24. The van der Waals surface area contributed by atoms with Gasteiger partial charge in [-0.2, -0.15) is 0 Å². The van der Waals surface area contributed by atoms with Gasteiger partial charge in [0.2, 0.25) is 5.78 Å².